The minimum atomic E-state index is 0.246. The number of aromatic hydroxyl groups is 1. The summed E-state index contributed by atoms with van der Waals surface area (Å²) in [6, 6.07) is 5.05. The Bertz CT molecular complexity index is 422. The second-order valence-electron chi connectivity index (χ2n) is 2.92. The SMILES string of the molecule is NCCc1nc2ccc(O)cc2[nH]1. The number of phenols is 1. The predicted octanol–water partition coefficient (Wildman–Crippen LogP) is 0.770. The lowest BCUT2D eigenvalue weighted by Gasteiger charge is -1.89. The van der Waals surface area contributed by atoms with Crippen LogP contribution in [0.3, 0.4) is 0 Å². The van der Waals surface area contributed by atoms with E-state index in [-0.39, 0.29) is 5.75 Å². The lowest BCUT2D eigenvalue weighted by molar-refractivity contribution is 0.476. The number of phenolic OH excluding ortho intramolecular Hbond substituents is 1. The summed E-state index contributed by atoms with van der Waals surface area (Å²) in [4.78, 5) is 7.38. The first-order valence-electron chi connectivity index (χ1n) is 4.17. The fourth-order valence-corrected chi connectivity index (χ4v) is 1.31. The quantitative estimate of drug-likeness (QED) is 0.634. The van der Waals surface area contributed by atoms with Crippen molar-refractivity contribution in [2.75, 3.05) is 6.54 Å². The van der Waals surface area contributed by atoms with E-state index in [9.17, 15) is 5.11 Å². The Hall–Kier alpha value is -1.55. The van der Waals surface area contributed by atoms with Crippen molar-refractivity contribution in [3.05, 3.63) is 24.0 Å². The molecule has 1 aromatic heterocycles. The molecule has 0 spiro atoms. The number of rotatable bonds is 2. The third kappa shape index (κ3) is 1.48. The number of nitrogens with zero attached hydrogens (tertiary/aromatic N) is 1. The van der Waals surface area contributed by atoms with Crippen molar-refractivity contribution in [2.24, 2.45) is 5.73 Å². The predicted molar refractivity (Wildman–Crippen MR) is 50.5 cm³/mol. The molecule has 0 fully saturated rings. The molecule has 4 N–H and O–H groups in total. The molecule has 2 rings (SSSR count). The van der Waals surface area contributed by atoms with E-state index in [1.165, 1.54) is 0 Å². The highest BCUT2D eigenvalue weighted by molar-refractivity contribution is 5.76. The van der Waals surface area contributed by atoms with Crippen molar-refractivity contribution in [1.82, 2.24) is 9.97 Å². The van der Waals surface area contributed by atoms with Gasteiger partial charge in [0.1, 0.15) is 11.6 Å². The summed E-state index contributed by atoms with van der Waals surface area (Å²) in [6.45, 7) is 0.575. The van der Waals surface area contributed by atoms with E-state index >= 15 is 0 Å². The molecule has 0 atom stereocenters. The Labute approximate surface area is 75.4 Å². The first kappa shape index (κ1) is 8.07. The van der Waals surface area contributed by atoms with Gasteiger partial charge in [0, 0.05) is 12.5 Å². The summed E-state index contributed by atoms with van der Waals surface area (Å²) in [5.74, 6) is 1.11. The van der Waals surface area contributed by atoms with Crippen molar-refractivity contribution in [3.63, 3.8) is 0 Å². The number of H-pyrrole nitrogens is 1. The van der Waals surface area contributed by atoms with Gasteiger partial charge in [0.05, 0.1) is 11.0 Å². The molecular formula is C9H11N3O. The zero-order valence-electron chi connectivity index (χ0n) is 7.12. The van der Waals surface area contributed by atoms with Gasteiger partial charge in [-0.1, -0.05) is 0 Å². The van der Waals surface area contributed by atoms with Gasteiger partial charge in [-0.15, -0.1) is 0 Å². The number of imidazole rings is 1. The van der Waals surface area contributed by atoms with Crippen LogP contribution >= 0.6 is 0 Å². The number of nitrogens with one attached hydrogen (secondary N) is 1. The van der Waals surface area contributed by atoms with E-state index < -0.39 is 0 Å². The van der Waals surface area contributed by atoms with Crippen molar-refractivity contribution >= 4 is 11.0 Å². The molecule has 68 valence electrons. The third-order valence-corrected chi connectivity index (χ3v) is 1.90. The van der Waals surface area contributed by atoms with Gasteiger partial charge in [0.25, 0.3) is 0 Å². The summed E-state index contributed by atoms with van der Waals surface area (Å²) in [6.07, 6.45) is 0.732. The highest BCUT2D eigenvalue weighted by atomic mass is 16.3. The number of aromatic nitrogens is 2. The second-order valence-corrected chi connectivity index (χ2v) is 2.92. The van der Waals surface area contributed by atoms with Crippen LogP contribution < -0.4 is 5.73 Å². The summed E-state index contributed by atoms with van der Waals surface area (Å²) in [5, 5.41) is 9.20. The summed E-state index contributed by atoms with van der Waals surface area (Å²) in [5.41, 5.74) is 7.12. The number of nitrogens with two attached hydrogens (primary N) is 1. The van der Waals surface area contributed by atoms with E-state index in [1.54, 1.807) is 18.2 Å². The molecule has 1 aromatic carbocycles. The smallest absolute Gasteiger partial charge is 0.117 e. The molecule has 2 aromatic rings. The van der Waals surface area contributed by atoms with Gasteiger partial charge in [0.2, 0.25) is 0 Å². The molecule has 0 aliphatic carbocycles. The van der Waals surface area contributed by atoms with Crippen molar-refractivity contribution in [3.8, 4) is 5.75 Å². The number of hydrogen-bond donors (Lipinski definition) is 3. The fraction of sp³-hybridized carbons (Fsp3) is 0.222. The minimum absolute atomic E-state index is 0.246. The van der Waals surface area contributed by atoms with Crippen LogP contribution in [0.25, 0.3) is 11.0 Å². The molecule has 4 heteroatoms. The van der Waals surface area contributed by atoms with E-state index in [2.05, 4.69) is 9.97 Å². The van der Waals surface area contributed by atoms with Crippen LogP contribution in [0.1, 0.15) is 5.82 Å². The van der Waals surface area contributed by atoms with Gasteiger partial charge in [-0.05, 0) is 18.7 Å². The maximum Gasteiger partial charge on any atom is 0.117 e. The van der Waals surface area contributed by atoms with E-state index in [0.717, 1.165) is 23.3 Å². The van der Waals surface area contributed by atoms with Gasteiger partial charge >= 0.3 is 0 Å². The number of hydrogen-bond acceptors (Lipinski definition) is 3. The van der Waals surface area contributed by atoms with Crippen LogP contribution in [-0.4, -0.2) is 21.6 Å². The first-order valence-corrected chi connectivity index (χ1v) is 4.17. The number of fused-ring (bicyclic) bond motifs is 1. The Kier molecular flexibility index (Phi) is 1.90. The molecule has 0 bridgehead atoms. The molecule has 13 heavy (non-hydrogen) atoms. The van der Waals surface area contributed by atoms with Crippen LogP contribution in [0.15, 0.2) is 18.2 Å². The normalized spacial score (nSPS) is 10.8. The van der Waals surface area contributed by atoms with E-state index in [1.807, 2.05) is 0 Å². The lowest BCUT2D eigenvalue weighted by Crippen LogP contribution is -2.03. The van der Waals surface area contributed by atoms with E-state index in [4.69, 9.17) is 5.73 Å². The molecule has 0 saturated carbocycles. The van der Waals surface area contributed by atoms with Gasteiger partial charge in [0.15, 0.2) is 0 Å². The highest BCUT2D eigenvalue weighted by Gasteiger charge is 2.01. The molecule has 0 unspecified atom stereocenters. The molecule has 0 aliphatic heterocycles. The van der Waals surface area contributed by atoms with Gasteiger partial charge in [-0.25, -0.2) is 4.98 Å². The van der Waals surface area contributed by atoms with Crippen LogP contribution in [-0.2, 0) is 6.42 Å². The Balaban J connectivity index is 2.49. The largest absolute Gasteiger partial charge is 0.508 e. The molecule has 0 saturated heterocycles. The van der Waals surface area contributed by atoms with Gasteiger partial charge < -0.3 is 15.8 Å². The number of aromatic amines is 1. The van der Waals surface area contributed by atoms with Crippen LogP contribution in [0.4, 0.5) is 0 Å². The van der Waals surface area contributed by atoms with Crippen LogP contribution in [0.5, 0.6) is 5.75 Å². The van der Waals surface area contributed by atoms with Gasteiger partial charge in [-0.3, -0.25) is 0 Å². The monoisotopic (exact) mass is 177 g/mol. The molecule has 0 aliphatic rings. The van der Waals surface area contributed by atoms with Gasteiger partial charge in [-0.2, -0.15) is 0 Å². The van der Waals surface area contributed by atoms with E-state index in [0.29, 0.717) is 6.54 Å². The minimum Gasteiger partial charge on any atom is -0.508 e. The third-order valence-electron chi connectivity index (χ3n) is 1.90. The molecule has 1 heterocycles. The maximum absolute atomic E-state index is 9.20. The zero-order valence-corrected chi connectivity index (χ0v) is 7.12. The first-order chi connectivity index (χ1) is 6.29. The Morgan fingerprint density at radius 3 is 3.08 bits per heavy atom. The maximum atomic E-state index is 9.20. The molecule has 0 amide bonds. The van der Waals surface area contributed by atoms with Crippen molar-refractivity contribution in [2.45, 2.75) is 6.42 Å². The Morgan fingerprint density at radius 2 is 2.31 bits per heavy atom. The second kappa shape index (κ2) is 3.06. The van der Waals surface area contributed by atoms with Crippen molar-refractivity contribution in [1.29, 1.82) is 0 Å². The summed E-state index contributed by atoms with van der Waals surface area (Å²) >= 11 is 0. The van der Waals surface area contributed by atoms with Crippen molar-refractivity contribution < 1.29 is 5.11 Å². The van der Waals surface area contributed by atoms with Crippen LogP contribution in [0, 0.1) is 0 Å². The molecule has 0 radical (unpaired) electrons. The summed E-state index contributed by atoms with van der Waals surface area (Å²) in [7, 11) is 0. The standard InChI is InChI=1S/C9H11N3O/c10-4-3-9-11-7-2-1-6(13)5-8(7)12-9/h1-2,5,13H,3-4,10H2,(H,11,12). The highest BCUT2D eigenvalue weighted by Crippen LogP contribution is 2.17. The zero-order chi connectivity index (χ0) is 9.26. The average Bonchev–Trinajstić information content (AvgIpc) is 2.46. The summed E-state index contributed by atoms with van der Waals surface area (Å²) < 4.78 is 0. The van der Waals surface area contributed by atoms with Crippen LogP contribution in [0.2, 0.25) is 0 Å². The number of benzene rings is 1. The average molecular weight is 177 g/mol. The molecular weight excluding hydrogens is 166 g/mol. The topological polar surface area (TPSA) is 74.9 Å². The lowest BCUT2D eigenvalue weighted by atomic mass is 10.3. The fourth-order valence-electron chi connectivity index (χ4n) is 1.31. The molecule has 4 nitrogen and oxygen atoms in total. The Morgan fingerprint density at radius 1 is 1.46 bits per heavy atom.